The molecule has 1 aliphatic carbocycles. The van der Waals surface area contributed by atoms with E-state index >= 15 is 0 Å². The molecular formula is C18H20N2O3S. The highest BCUT2D eigenvalue weighted by Gasteiger charge is 2.20. The first-order valence-electron chi connectivity index (χ1n) is 8.34. The average Bonchev–Trinajstić information content (AvgIpc) is 2.95. The molecule has 6 heteroatoms. The Bertz CT molecular complexity index is 772. The Balaban J connectivity index is 1.42. The minimum Gasteiger partial charge on any atom is -0.486 e. The second-order valence-corrected chi connectivity index (χ2v) is 7.52. The Morgan fingerprint density at radius 1 is 1.33 bits per heavy atom. The fraction of sp³-hybridized carbons (Fsp3) is 0.444. The fourth-order valence-corrected chi connectivity index (χ4v) is 4.33. The number of ether oxygens (including phenoxy) is 2. The summed E-state index contributed by atoms with van der Waals surface area (Å²) in [6.45, 7) is 3.38. The van der Waals surface area contributed by atoms with Crippen LogP contribution >= 0.6 is 11.3 Å². The summed E-state index contributed by atoms with van der Waals surface area (Å²) in [5.74, 6) is 2.11. The molecule has 2 heterocycles. The van der Waals surface area contributed by atoms with Gasteiger partial charge in [0.05, 0.1) is 12.1 Å². The number of hydrogen-bond donors (Lipinski definition) is 1. The minimum atomic E-state index is -0.0502. The van der Waals surface area contributed by atoms with Crippen LogP contribution in [-0.2, 0) is 24.1 Å². The lowest BCUT2D eigenvalue weighted by atomic mass is 9.93. The number of fused-ring (bicyclic) bond motifs is 2. The van der Waals surface area contributed by atoms with Gasteiger partial charge in [0.1, 0.15) is 13.2 Å². The van der Waals surface area contributed by atoms with Crippen LogP contribution in [0.5, 0.6) is 11.5 Å². The summed E-state index contributed by atoms with van der Waals surface area (Å²) < 4.78 is 11.1. The van der Waals surface area contributed by atoms with Gasteiger partial charge in [-0.3, -0.25) is 4.79 Å². The maximum absolute atomic E-state index is 12.3. The Morgan fingerprint density at radius 2 is 2.17 bits per heavy atom. The van der Waals surface area contributed by atoms with Gasteiger partial charge in [-0.2, -0.15) is 0 Å². The fourth-order valence-electron chi connectivity index (χ4n) is 3.14. The Labute approximate surface area is 145 Å². The molecule has 0 radical (unpaired) electrons. The van der Waals surface area contributed by atoms with Gasteiger partial charge in [-0.15, -0.1) is 11.3 Å². The molecule has 24 heavy (non-hydrogen) atoms. The van der Waals surface area contributed by atoms with E-state index < -0.39 is 0 Å². The number of thiazole rings is 1. The van der Waals surface area contributed by atoms with E-state index in [2.05, 4.69) is 17.2 Å². The van der Waals surface area contributed by atoms with Crippen molar-refractivity contribution in [3.05, 3.63) is 34.3 Å². The largest absolute Gasteiger partial charge is 0.486 e. The lowest BCUT2D eigenvalue weighted by molar-refractivity contribution is -0.115. The standard InChI is InChI=1S/C18H20N2O3S/c1-11-2-4-13-16(8-11)24-18(19-13)20-17(21)10-12-3-5-14-15(9-12)23-7-6-22-14/h3,5,9,11H,2,4,6-8,10H2,1H3,(H,19,20,21)/t11-/m1/s1. The van der Waals surface area contributed by atoms with Crippen LogP contribution < -0.4 is 14.8 Å². The summed E-state index contributed by atoms with van der Waals surface area (Å²) in [5, 5.41) is 3.66. The first-order chi connectivity index (χ1) is 11.7. The van der Waals surface area contributed by atoms with E-state index in [0.29, 0.717) is 31.3 Å². The van der Waals surface area contributed by atoms with Crippen molar-refractivity contribution >= 4 is 22.4 Å². The van der Waals surface area contributed by atoms with Crippen molar-refractivity contribution in [2.24, 2.45) is 5.92 Å². The lowest BCUT2D eigenvalue weighted by Gasteiger charge is -2.18. The van der Waals surface area contributed by atoms with Crippen LogP contribution in [0.2, 0.25) is 0 Å². The Hall–Kier alpha value is -2.08. The molecule has 2 aliphatic rings. The first-order valence-corrected chi connectivity index (χ1v) is 9.16. The minimum absolute atomic E-state index is 0.0502. The third-order valence-electron chi connectivity index (χ3n) is 4.40. The number of aromatic nitrogens is 1. The maximum Gasteiger partial charge on any atom is 0.230 e. The highest BCUT2D eigenvalue weighted by molar-refractivity contribution is 7.15. The summed E-state index contributed by atoms with van der Waals surface area (Å²) in [6.07, 6.45) is 3.58. The predicted octanol–water partition coefficient (Wildman–Crippen LogP) is 3.22. The zero-order valence-electron chi connectivity index (χ0n) is 13.6. The van der Waals surface area contributed by atoms with E-state index in [0.717, 1.165) is 35.0 Å². The van der Waals surface area contributed by atoms with Gasteiger partial charge < -0.3 is 14.8 Å². The number of hydrogen-bond acceptors (Lipinski definition) is 5. The van der Waals surface area contributed by atoms with Gasteiger partial charge in [-0.25, -0.2) is 4.98 Å². The smallest absolute Gasteiger partial charge is 0.230 e. The molecule has 1 aromatic carbocycles. The number of carbonyl (C=O) groups is 1. The number of nitrogens with zero attached hydrogens (tertiary/aromatic N) is 1. The van der Waals surface area contributed by atoms with Crippen LogP contribution in [0, 0.1) is 5.92 Å². The van der Waals surface area contributed by atoms with E-state index in [4.69, 9.17) is 9.47 Å². The van der Waals surface area contributed by atoms with Gasteiger partial charge >= 0.3 is 0 Å². The zero-order chi connectivity index (χ0) is 16.5. The molecule has 0 saturated heterocycles. The molecule has 0 bridgehead atoms. The molecule has 0 unspecified atom stereocenters. The first kappa shape index (κ1) is 15.4. The van der Waals surface area contributed by atoms with Gasteiger partial charge in [0, 0.05) is 4.88 Å². The van der Waals surface area contributed by atoms with Crippen LogP contribution in [0.25, 0.3) is 0 Å². The Kier molecular flexibility index (Phi) is 4.14. The van der Waals surface area contributed by atoms with Gasteiger partial charge in [0.2, 0.25) is 5.91 Å². The molecule has 2 aromatic rings. The molecule has 1 atom stereocenters. The summed E-state index contributed by atoms with van der Waals surface area (Å²) >= 11 is 1.61. The van der Waals surface area contributed by atoms with E-state index in [1.807, 2.05) is 18.2 Å². The van der Waals surface area contributed by atoms with Crippen LogP contribution in [0.1, 0.15) is 29.5 Å². The van der Waals surface area contributed by atoms with E-state index in [1.54, 1.807) is 11.3 Å². The van der Waals surface area contributed by atoms with Crippen molar-refractivity contribution in [3.63, 3.8) is 0 Å². The van der Waals surface area contributed by atoms with Crippen molar-refractivity contribution in [1.29, 1.82) is 0 Å². The summed E-state index contributed by atoms with van der Waals surface area (Å²) in [5.41, 5.74) is 2.07. The van der Waals surface area contributed by atoms with Gasteiger partial charge in [-0.1, -0.05) is 13.0 Å². The average molecular weight is 344 g/mol. The molecule has 1 N–H and O–H groups in total. The van der Waals surface area contributed by atoms with Crippen LogP contribution in [0.15, 0.2) is 18.2 Å². The van der Waals surface area contributed by atoms with E-state index in [1.165, 1.54) is 11.3 Å². The quantitative estimate of drug-likeness (QED) is 0.929. The number of nitrogens with one attached hydrogen (secondary N) is 1. The summed E-state index contributed by atoms with van der Waals surface area (Å²) in [6, 6.07) is 5.64. The molecule has 5 nitrogen and oxygen atoms in total. The van der Waals surface area contributed by atoms with Crippen LogP contribution in [-0.4, -0.2) is 24.1 Å². The van der Waals surface area contributed by atoms with E-state index in [-0.39, 0.29) is 5.91 Å². The maximum atomic E-state index is 12.3. The molecular weight excluding hydrogens is 324 g/mol. The van der Waals surface area contributed by atoms with Crippen LogP contribution in [0.4, 0.5) is 5.13 Å². The van der Waals surface area contributed by atoms with Crippen LogP contribution in [0.3, 0.4) is 0 Å². The normalized spacial score (nSPS) is 18.8. The predicted molar refractivity (Wildman–Crippen MR) is 93.1 cm³/mol. The third-order valence-corrected chi connectivity index (χ3v) is 5.44. The highest BCUT2D eigenvalue weighted by atomic mass is 32.1. The summed E-state index contributed by atoms with van der Waals surface area (Å²) in [4.78, 5) is 18.2. The number of rotatable bonds is 3. The number of benzene rings is 1. The molecule has 1 amide bonds. The van der Waals surface area contributed by atoms with Gasteiger partial charge in [-0.05, 0) is 42.9 Å². The monoisotopic (exact) mass is 344 g/mol. The molecule has 0 spiro atoms. The number of anilines is 1. The Morgan fingerprint density at radius 3 is 3.04 bits per heavy atom. The summed E-state index contributed by atoms with van der Waals surface area (Å²) in [7, 11) is 0. The number of carbonyl (C=O) groups excluding carboxylic acids is 1. The number of amides is 1. The lowest BCUT2D eigenvalue weighted by Crippen LogP contribution is -2.17. The van der Waals surface area contributed by atoms with Crippen molar-refractivity contribution in [2.75, 3.05) is 18.5 Å². The van der Waals surface area contributed by atoms with Crippen molar-refractivity contribution in [3.8, 4) is 11.5 Å². The molecule has 126 valence electrons. The third kappa shape index (κ3) is 3.24. The van der Waals surface area contributed by atoms with Crippen molar-refractivity contribution in [1.82, 2.24) is 4.98 Å². The number of aryl methyl sites for hydroxylation is 1. The second kappa shape index (κ2) is 6.43. The highest BCUT2D eigenvalue weighted by Crippen LogP contribution is 2.33. The molecule has 4 rings (SSSR count). The topological polar surface area (TPSA) is 60.5 Å². The van der Waals surface area contributed by atoms with Gasteiger partial charge in [0.25, 0.3) is 0 Å². The van der Waals surface area contributed by atoms with Gasteiger partial charge in [0.15, 0.2) is 16.6 Å². The SMILES string of the molecule is C[C@@H]1CCc2nc(NC(=O)Cc3ccc4c(c3)OCCO4)sc2C1. The second-order valence-electron chi connectivity index (χ2n) is 6.44. The molecule has 0 fully saturated rings. The van der Waals surface area contributed by atoms with E-state index in [9.17, 15) is 4.79 Å². The molecule has 0 saturated carbocycles. The zero-order valence-corrected chi connectivity index (χ0v) is 14.4. The molecule has 1 aromatic heterocycles. The van der Waals surface area contributed by atoms with Crippen molar-refractivity contribution < 1.29 is 14.3 Å². The molecule has 1 aliphatic heterocycles. The van der Waals surface area contributed by atoms with Crippen molar-refractivity contribution in [2.45, 2.75) is 32.6 Å².